The third-order valence-corrected chi connectivity index (χ3v) is 4.49. The van der Waals surface area contributed by atoms with Gasteiger partial charge in [0.1, 0.15) is 6.04 Å². The van der Waals surface area contributed by atoms with Crippen molar-refractivity contribution in [2.24, 2.45) is 0 Å². The molecule has 0 radical (unpaired) electrons. The normalized spacial score (nSPS) is 30.0. The van der Waals surface area contributed by atoms with E-state index < -0.39 is 6.04 Å². The highest BCUT2D eigenvalue weighted by Crippen LogP contribution is 2.36. The largest absolute Gasteiger partial charge is 0.325 e. The van der Waals surface area contributed by atoms with Crippen molar-refractivity contribution >= 4 is 33.8 Å². The van der Waals surface area contributed by atoms with Gasteiger partial charge in [-0.05, 0) is 18.9 Å². The molecule has 0 spiro atoms. The molecule has 0 aromatic carbocycles. The molecular formula is C13H14BrN3O3. The van der Waals surface area contributed by atoms with Crippen LogP contribution in [-0.2, 0) is 9.59 Å². The van der Waals surface area contributed by atoms with Gasteiger partial charge in [0, 0.05) is 23.6 Å². The lowest BCUT2D eigenvalue weighted by Crippen LogP contribution is -2.55. The third kappa shape index (κ3) is 1.96. The van der Waals surface area contributed by atoms with Crippen molar-refractivity contribution < 1.29 is 14.4 Å². The molecule has 3 aliphatic rings. The molecule has 2 unspecified atom stereocenters. The van der Waals surface area contributed by atoms with Crippen LogP contribution in [0.4, 0.5) is 4.79 Å². The number of halogens is 1. The van der Waals surface area contributed by atoms with E-state index in [-0.39, 0.29) is 30.3 Å². The Hall–Kier alpha value is -1.63. The number of hydrogen-bond acceptors (Lipinski definition) is 3. The van der Waals surface area contributed by atoms with Crippen molar-refractivity contribution in [3.8, 4) is 0 Å². The molecule has 2 heterocycles. The van der Waals surface area contributed by atoms with Crippen molar-refractivity contribution in [3.05, 3.63) is 22.3 Å². The Morgan fingerprint density at radius 1 is 1.30 bits per heavy atom. The predicted molar refractivity (Wildman–Crippen MR) is 74.7 cm³/mol. The quantitative estimate of drug-likeness (QED) is 0.727. The molecule has 20 heavy (non-hydrogen) atoms. The minimum Gasteiger partial charge on any atom is -0.303 e. The number of carbonyl (C=O) groups excluding carboxylic acids is 3. The number of nitrogens with zero attached hydrogens (tertiary/aromatic N) is 2. The van der Waals surface area contributed by atoms with E-state index in [1.807, 2.05) is 12.2 Å². The highest BCUT2D eigenvalue weighted by Gasteiger charge is 2.47. The van der Waals surface area contributed by atoms with E-state index in [4.69, 9.17) is 0 Å². The molecule has 4 amide bonds. The van der Waals surface area contributed by atoms with Crippen molar-refractivity contribution in [1.29, 1.82) is 0 Å². The summed E-state index contributed by atoms with van der Waals surface area (Å²) in [7, 11) is 1.71. The molecule has 2 atom stereocenters. The second-order valence-electron chi connectivity index (χ2n) is 5.13. The molecule has 7 heteroatoms. The lowest BCUT2D eigenvalue weighted by molar-refractivity contribution is -0.136. The Morgan fingerprint density at radius 2 is 2.05 bits per heavy atom. The number of allylic oxidation sites excluding steroid dienone is 2. The topological polar surface area (TPSA) is 69.7 Å². The first-order valence-corrected chi connectivity index (χ1v) is 7.25. The van der Waals surface area contributed by atoms with Gasteiger partial charge in [-0.15, -0.1) is 0 Å². The first kappa shape index (κ1) is 13.4. The number of rotatable bonds is 1. The average Bonchev–Trinajstić information content (AvgIpc) is 2.63. The minimum absolute atomic E-state index is 0.127. The smallest absolute Gasteiger partial charge is 0.303 e. The summed E-state index contributed by atoms with van der Waals surface area (Å²) in [6, 6.07) is -0.882. The summed E-state index contributed by atoms with van der Waals surface area (Å²) in [4.78, 5) is 38.8. The zero-order valence-electron chi connectivity index (χ0n) is 10.9. The van der Waals surface area contributed by atoms with Crippen LogP contribution in [0.5, 0.6) is 0 Å². The van der Waals surface area contributed by atoms with Gasteiger partial charge in [-0.2, -0.15) is 0 Å². The van der Waals surface area contributed by atoms with E-state index in [1.165, 1.54) is 0 Å². The fraction of sp³-hybridized carbons (Fsp3) is 0.462. The molecule has 0 bridgehead atoms. The third-order valence-electron chi connectivity index (χ3n) is 3.94. The fourth-order valence-corrected chi connectivity index (χ4v) is 3.35. The summed E-state index contributed by atoms with van der Waals surface area (Å²) in [6.07, 6.45) is 5.21. The Balaban J connectivity index is 1.91. The molecule has 1 N–H and O–H groups in total. The van der Waals surface area contributed by atoms with Crippen LogP contribution in [0, 0.1) is 0 Å². The molecule has 0 saturated carbocycles. The predicted octanol–water partition coefficient (Wildman–Crippen LogP) is 1.09. The summed E-state index contributed by atoms with van der Waals surface area (Å²) >= 11 is 3.41. The number of piperidine rings is 1. The van der Waals surface area contributed by atoms with Crippen LogP contribution >= 0.6 is 15.9 Å². The van der Waals surface area contributed by atoms with Crippen LogP contribution in [0.3, 0.4) is 0 Å². The Labute approximate surface area is 124 Å². The minimum atomic E-state index is -0.566. The summed E-state index contributed by atoms with van der Waals surface area (Å²) in [5, 5.41) is 2.31. The van der Waals surface area contributed by atoms with Crippen molar-refractivity contribution in [2.75, 3.05) is 7.05 Å². The van der Waals surface area contributed by atoms with E-state index in [0.717, 1.165) is 10.2 Å². The van der Waals surface area contributed by atoms with Gasteiger partial charge in [0.25, 0.3) is 0 Å². The van der Waals surface area contributed by atoms with Gasteiger partial charge in [-0.3, -0.25) is 19.8 Å². The Morgan fingerprint density at radius 3 is 2.75 bits per heavy atom. The molecule has 1 aliphatic carbocycles. The van der Waals surface area contributed by atoms with E-state index >= 15 is 0 Å². The zero-order chi connectivity index (χ0) is 14.4. The Kier molecular flexibility index (Phi) is 3.16. The lowest BCUT2D eigenvalue weighted by Gasteiger charge is -2.33. The van der Waals surface area contributed by atoms with Crippen LogP contribution in [0.15, 0.2) is 22.3 Å². The van der Waals surface area contributed by atoms with Gasteiger partial charge in [0.15, 0.2) is 0 Å². The summed E-state index contributed by atoms with van der Waals surface area (Å²) in [5.41, 5.74) is 0.883. The molecule has 6 nitrogen and oxygen atoms in total. The standard InChI is InChI=1S/C13H14BrN3O3/c1-16-10-6-7(14)2-3-8(10)17(13(16)20)9-4-5-11(18)15-12(9)19/h2,6,8-9H,3-5H2,1H3,(H,15,18,19). The number of hydrogen-bond donors (Lipinski definition) is 1. The van der Waals surface area contributed by atoms with Gasteiger partial charge < -0.3 is 4.90 Å². The van der Waals surface area contributed by atoms with Crippen molar-refractivity contribution in [3.63, 3.8) is 0 Å². The molecule has 0 aromatic heterocycles. The molecule has 3 rings (SSSR count). The first-order valence-electron chi connectivity index (χ1n) is 6.46. The van der Waals surface area contributed by atoms with E-state index in [0.29, 0.717) is 12.8 Å². The number of fused-ring (bicyclic) bond motifs is 1. The SMILES string of the molecule is CN1C(=O)N(C2CCC(=O)NC2=O)C2CC=C(Br)C=C21. The lowest BCUT2D eigenvalue weighted by atomic mass is 9.99. The van der Waals surface area contributed by atoms with Crippen LogP contribution < -0.4 is 5.32 Å². The Bertz CT molecular complexity index is 569. The molecule has 106 valence electrons. The van der Waals surface area contributed by atoms with Crippen LogP contribution in [-0.4, -0.2) is 46.8 Å². The number of amides is 4. The van der Waals surface area contributed by atoms with Crippen LogP contribution in [0.1, 0.15) is 19.3 Å². The maximum Gasteiger partial charge on any atom is 0.325 e. The molecule has 2 aliphatic heterocycles. The highest BCUT2D eigenvalue weighted by molar-refractivity contribution is 9.11. The number of carbonyl (C=O) groups is 3. The van der Waals surface area contributed by atoms with Crippen molar-refractivity contribution in [2.45, 2.75) is 31.3 Å². The van der Waals surface area contributed by atoms with E-state index in [2.05, 4.69) is 21.2 Å². The van der Waals surface area contributed by atoms with Gasteiger partial charge in [0.2, 0.25) is 11.8 Å². The zero-order valence-corrected chi connectivity index (χ0v) is 12.5. The second-order valence-corrected chi connectivity index (χ2v) is 6.04. The van der Waals surface area contributed by atoms with E-state index in [9.17, 15) is 14.4 Å². The van der Waals surface area contributed by atoms with Crippen LogP contribution in [0.25, 0.3) is 0 Å². The average molecular weight is 340 g/mol. The van der Waals surface area contributed by atoms with Crippen molar-refractivity contribution in [1.82, 2.24) is 15.1 Å². The van der Waals surface area contributed by atoms with Gasteiger partial charge in [-0.1, -0.05) is 22.0 Å². The summed E-state index contributed by atoms with van der Waals surface area (Å²) in [5.74, 6) is -0.647. The maximum absolute atomic E-state index is 12.4. The monoisotopic (exact) mass is 339 g/mol. The number of nitrogens with one attached hydrogen (secondary N) is 1. The summed E-state index contributed by atoms with van der Waals surface area (Å²) < 4.78 is 0.938. The number of imide groups is 1. The molecule has 0 aromatic rings. The van der Waals surface area contributed by atoms with Gasteiger partial charge in [0.05, 0.1) is 6.04 Å². The summed E-state index contributed by atoms with van der Waals surface area (Å²) in [6.45, 7) is 0. The van der Waals surface area contributed by atoms with Gasteiger partial charge >= 0.3 is 6.03 Å². The van der Waals surface area contributed by atoms with Gasteiger partial charge in [-0.25, -0.2) is 4.79 Å². The van der Waals surface area contributed by atoms with E-state index in [1.54, 1.807) is 16.8 Å². The van der Waals surface area contributed by atoms with Crippen LogP contribution in [0.2, 0.25) is 0 Å². The molecule has 2 saturated heterocycles. The number of likely N-dealkylation sites (N-methyl/N-ethyl adjacent to an activating group) is 1. The number of urea groups is 1. The molecule has 2 fully saturated rings. The highest BCUT2D eigenvalue weighted by atomic mass is 79.9. The fourth-order valence-electron chi connectivity index (χ4n) is 2.93. The first-order chi connectivity index (χ1) is 9.49. The molecular weight excluding hydrogens is 326 g/mol. The second kappa shape index (κ2) is 4.73. The maximum atomic E-state index is 12.4.